The molecule has 2 aromatic rings. The van der Waals surface area contributed by atoms with Gasteiger partial charge in [0.2, 0.25) is 0 Å². The maximum atomic E-state index is 13.7. The number of hydrogen-bond acceptors (Lipinski definition) is 4. The van der Waals surface area contributed by atoms with Gasteiger partial charge in [-0.05, 0) is 13.0 Å². The Morgan fingerprint density at radius 3 is 2.78 bits per heavy atom. The summed E-state index contributed by atoms with van der Waals surface area (Å²) in [5.41, 5.74) is 1.03. The molecule has 1 unspecified atom stereocenters. The number of anilines is 1. The number of aliphatic hydroxyl groups is 1. The Morgan fingerprint density at radius 1 is 1.44 bits per heavy atom. The van der Waals surface area contributed by atoms with Crippen LogP contribution in [0.15, 0.2) is 34.9 Å². The van der Waals surface area contributed by atoms with Crippen molar-refractivity contribution in [3.05, 3.63) is 47.6 Å². The van der Waals surface area contributed by atoms with Gasteiger partial charge in [-0.25, -0.2) is 4.39 Å². The molecule has 1 N–H and O–H groups in total. The van der Waals surface area contributed by atoms with Gasteiger partial charge in [0.1, 0.15) is 17.8 Å². The molecule has 0 saturated carbocycles. The van der Waals surface area contributed by atoms with E-state index in [4.69, 9.17) is 9.52 Å². The number of rotatable bonds is 4. The lowest BCUT2D eigenvalue weighted by Crippen LogP contribution is -2.22. The zero-order valence-corrected chi connectivity index (χ0v) is 10.3. The summed E-state index contributed by atoms with van der Waals surface area (Å²) in [5, 5.41) is 8.93. The normalized spacial score (nSPS) is 12.4. The monoisotopic (exact) mass is 250 g/mol. The Morgan fingerprint density at radius 2 is 2.17 bits per heavy atom. The molecule has 18 heavy (non-hydrogen) atoms. The Labute approximate surface area is 105 Å². The average Bonchev–Trinajstić information content (AvgIpc) is 2.86. The highest BCUT2D eigenvalue weighted by Gasteiger charge is 2.19. The first kappa shape index (κ1) is 12.6. The van der Waals surface area contributed by atoms with Crippen LogP contribution in [0.3, 0.4) is 0 Å². The number of nitrogens with zero attached hydrogens (tertiary/aromatic N) is 2. The van der Waals surface area contributed by atoms with Crippen LogP contribution in [0.2, 0.25) is 0 Å². The maximum Gasteiger partial charge on any atom is 0.297 e. The zero-order chi connectivity index (χ0) is 13.1. The number of aromatic nitrogens is 1. The molecule has 0 aliphatic heterocycles. The van der Waals surface area contributed by atoms with E-state index in [1.807, 2.05) is 6.92 Å². The quantitative estimate of drug-likeness (QED) is 0.905. The fraction of sp³-hybridized carbons (Fsp3) is 0.308. The molecule has 0 amide bonds. The minimum atomic E-state index is -0.259. The smallest absolute Gasteiger partial charge is 0.297 e. The first-order chi connectivity index (χ1) is 8.63. The van der Waals surface area contributed by atoms with Gasteiger partial charge in [0.25, 0.3) is 6.01 Å². The lowest BCUT2D eigenvalue weighted by Gasteiger charge is -2.23. The highest BCUT2D eigenvalue weighted by Crippen LogP contribution is 2.26. The van der Waals surface area contributed by atoms with Gasteiger partial charge in [-0.1, -0.05) is 18.2 Å². The highest BCUT2D eigenvalue weighted by molar-refractivity contribution is 5.33. The Kier molecular flexibility index (Phi) is 3.62. The SMILES string of the molecule is CC(c1ccccc1F)N(C)c1nc(CO)co1. The molecule has 0 aliphatic carbocycles. The first-order valence-corrected chi connectivity index (χ1v) is 5.66. The van der Waals surface area contributed by atoms with E-state index in [0.717, 1.165) is 0 Å². The maximum absolute atomic E-state index is 13.7. The van der Waals surface area contributed by atoms with Crippen LogP contribution in [0.25, 0.3) is 0 Å². The summed E-state index contributed by atoms with van der Waals surface area (Å²) in [6.45, 7) is 1.69. The summed E-state index contributed by atoms with van der Waals surface area (Å²) in [4.78, 5) is 5.81. The van der Waals surface area contributed by atoms with Crippen LogP contribution in [0.1, 0.15) is 24.2 Å². The van der Waals surface area contributed by atoms with Crippen molar-refractivity contribution in [2.45, 2.75) is 19.6 Å². The van der Waals surface area contributed by atoms with Gasteiger partial charge in [-0.3, -0.25) is 0 Å². The molecule has 0 spiro atoms. The van der Waals surface area contributed by atoms with Gasteiger partial charge >= 0.3 is 0 Å². The molecule has 1 atom stereocenters. The molecule has 1 aromatic heterocycles. The van der Waals surface area contributed by atoms with Gasteiger partial charge in [0.15, 0.2) is 0 Å². The third kappa shape index (κ3) is 2.36. The van der Waals surface area contributed by atoms with Crippen molar-refractivity contribution in [2.24, 2.45) is 0 Å². The summed E-state index contributed by atoms with van der Waals surface area (Å²) >= 11 is 0. The minimum absolute atomic E-state index is 0.175. The molecule has 0 bridgehead atoms. The topological polar surface area (TPSA) is 49.5 Å². The van der Waals surface area contributed by atoms with Crippen molar-refractivity contribution in [1.82, 2.24) is 4.98 Å². The van der Waals surface area contributed by atoms with Crippen molar-refractivity contribution < 1.29 is 13.9 Å². The van der Waals surface area contributed by atoms with E-state index in [9.17, 15) is 4.39 Å². The van der Waals surface area contributed by atoms with Crippen LogP contribution in [-0.2, 0) is 6.61 Å². The van der Waals surface area contributed by atoms with Gasteiger partial charge < -0.3 is 14.4 Å². The molecule has 0 radical (unpaired) electrons. The number of hydrogen-bond donors (Lipinski definition) is 1. The largest absolute Gasteiger partial charge is 0.432 e. The summed E-state index contributed by atoms with van der Waals surface area (Å²) in [7, 11) is 1.77. The van der Waals surface area contributed by atoms with Crippen molar-refractivity contribution in [3.63, 3.8) is 0 Å². The minimum Gasteiger partial charge on any atom is -0.432 e. The molecular formula is C13H15FN2O2. The number of benzene rings is 1. The molecular weight excluding hydrogens is 235 g/mol. The highest BCUT2D eigenvalue weighted by atomic mass is 19.1. The first-order valence-electron chi connectivity index (χ1n) is 5.66. The predicted molar refractivity (Wildman–Crippen MR) is 65.6 cm³/mol. The van der Waals surface area contributed by atoms with Crippen LogP contribution >= 0.6 is 0 Å². The van der Waals surface area contributed by atoms with Crippen LogP contribution in [-0.4, -0.2) is 17.1 Å². The van der Waals surface area contributed by atoms with Crippen LogP contribution < -0.4 is 4.90 Å². The fourth-order valence-electron chi connectivity index (χ4n) is 1.72. The molecule has 0 fully saturated rings. The summed E-state index contributed by atoms with van der Waals surface area (Å²) in [6.07, 6.45) is 1.39. The predicted octanol–water partition coefficient (Wildman–Crippen LogP) is 2.50. The lowest BCUT2D eigenvalue weighted by atomic mass is 10.1. The van der Waals surface area contributed by atoms with E-state index in [2.05, 4.69) is 4.98 Å². The number of oxazole rings is 1. The average molecular weight is 250 g/mol. The van der Waals surface area contributed by atoms with Gasteiger partial charge in [-0.2, -0.15) is 4.98 Å². The summed E-state index contributed by atoms with van der Waals surface area (Å²) < 4.78 is 18.9. The molecule has 0 saturated heterocycles. The van der Waals surface area contributed by atoms with Gasteiger partial charge in [0, 0.05) is 12.6 Å². The third-order valence-electron chi connectivity index (χ3n) is 2.94. The molecule has 1 heterocycles. The second-order valence-electron chi connectivity index (χ2n) is 4.09. The number of halogens is 1. The number of aliphatic hydroxyl groups excluding tert-OH is 1. The Hall–Kier alpha value is -1.88. The van der Waals surface area contributed by atoms with Crippen molar-refractivity contribution in [2.75, 3.05) is 11.9 Å². The fourth-order valence-corrected chi connectivity index (χ4v) is 1.72. The molecule has 0 aliphatic rings. The molecule has 4 nitrogen and oxygen atoms in total. The van der Waals surface area contributed by atoms with Crippen molar-refractivity contribution in [1.29, 1.82) is 0 Å². The van der Waals surface area contributed by atoms with E-state index in [1.165, 1.54) is 12.3 Å². The van der Waals surface area contributed by atoms with Gasteiger partial charge in [0.05, 0.1) is 12.6 Å². The lowest BCUT2D eigenvalue weighted by molar-refractivity contribution is 0.276. The van der Waals surface area contributed by atoms with E-state index < -0.39 is 0 Å². The van der Waals surface area contributed by atoms with Crippen LogP contribution in [0.5, 0.6) is 0 Å². The van der Waals surface area contributed by atoms with E-state index in [0.29, 0.717) is 17.3 Å². The Balaban J connectivity index is 2.23. The standard InChI is InChI=1S/C13H15FN2O2/c1-9(11-5-3-4-6-12(11)14)16(2)13-15-10(7-17)8-18-13/h3-6,8-9,17H,7H2,1-2H3. The van der Waals surface area contributed by atoms with Crippen LogP contribution in [0.4, 0.5) is 10.4 Å². The zero-order valence-electron chi connectivity index (χ0n) is 10.3. The summed E-state index contributed by atoms with van der Waals surface area (Å²) in [5.74, 6) is -0.259. The molecule has 2 rings (SSSR count). The molecule has 96 valence electrons. The van der Waals surface area contributed by atoms with Crippen molar-refractivity contribution >= 4 is 6.01 Å². The third-order valence-corrected chi connectivity index (χ3v) is 2.94. The summed E-state index contributed by atoms with van der Waals surface area (Å²) in [6, 6.07) is 6.74. The Bertz CT molecular complexity index is 527. The molecule has 5 heteroatoms. The van der Waals surface area contributed by atoms with E-state index >= 15 is 0 Å². The van der Waals surface area contributed by atoms with E-state index in [1.54, 1.807) is 30.1 Å². The molecule has 1 aromatic carbocycles. The van der Waals surface area contributed by atoms with E-state index in [-0.39, 0.29) is 18.5 Å². The van der Waals surface area contributed by atoms with Crippen molar-refractivity contribution in [3.8, 4) is 0 Å². The second kappa shape index (κ2) is 5.18. The van der Waals surface area contributed by atoms with Crippen LogP contribution in [0, 0.1) is 5.82 Å². The van der Waals surface area contributed by atoms with Gasteiger partial charge in [-0.15, -0.1) is 0 Å². The second-order valence-corrected chi connectivity index (χ2v) is 4.09.